The zero-order valence-corrected chi connectivity index (χ0v) is 13.2. The third-order valence-electron chi connectivity index (χ3n) is 3.60. The fraction of sp³-hybridized carbons (Fsp3) is 0.429. The standard InChI is InChI=1S/C14H16BrN3S/c1-16-14-11(15)12(9-5-2-3-6-9)17-13(18-14)10-7-4-8-19-10/h4,7-9H,2-3,5-6H2,1H3,(H,16,17,18). The summed E-state index contributed by atoms with van der Waals surface area (Å²) < 4.78 is 1.03. The molecular formula is C14H16BrN3S. The molecular weight excluding hydrogens is 322 g/mol. The lowest BCUT2D eigenvalue weighted by Gasteiger charge is -2.14. The van der Waals surface area contributed by atoms with Crippen LogP contribution in [0.1, 0.15) is 37.3 Å². The number of hydrogen-bond donors (Lipinski definition) is 1. The van der Waals surface area contributed by atoms with Crippen molar-refractivity contribution in [2.75, 3.05) is 12.4 Å². The molecule has 1 saturated carbocycles. The number of hydrogen-bond acceptors (Lipinski definition) is 4. The first kappa shape index (κ1) is 13.1. The molecule has 19 heavy (non-hydrogen) atoms. The smallest absolute Gasteiger partial charge is 0.171 e. The second-order valence-electron chi connectivity index (χ2n) is 4.80. The Morgan fingerprint density at radius 3 is 2.74 bits per heavy atom. The molecule has 1 aliphatic carbocycles. The number of anilines is 1. The molecule has 1 fully saturated rings. The van der Waals surface area contributed by atoms with Gasteiger partial charge in [-0.1, -0.05) is 18.9 Å². The summed E-state index contributed by atoms with van der Waals surface area (Å²) in [5.74, 6) is 2.30. The Kier molecular flexibility index (Phi) is 3.84. The van der Waals surface area contributed by atoms with Gasteiger partial charge in [0, 0.05) is 13.0 Å². The third kappa shape index (κ3) is 2.54. The van der Waals surface area contributed by atoms with Crippen LogP contribution < -0.4 is 5.32 Å². The first-order valence-electron chi connectivity index (χ1n) is 6.58. The van der Waals surface area contributed by atoms with E-state index in [9.17, 15) is 0 Å². The van der Waals surface area contributed by atoms with Crippen molar-refractivity contribution in [3.63, 3.8) is 0 Å². The van der Waals surface area contributed by atoms with Gasteiger partial charge in [0.1, 0.15) is 5.82 Å². The van der Waals surface area contributed by atoms with E-state index in [-0.39, 0.29) is 0 Å². The van der Waals surface area contributed by atoms with Crippen LogP contribution in [0.4, 0.5) is 5.82 Å². The minimum absolute atomic E-state index is 0.572. The summed E-state index contributed by atoms with van der Waals surface area (Å²) in [5, 5.41) is 5.23. The van der Waals surface area contributed by atoms with Crippen LogP contribution >= 0.6 is 27.3 Å². The minimum atomic E-state index is 0.572. The van der Waals surface area contributed by atoms with Crippen molar-refractivity contribution in [2.24, 2.45) is 0 Å². The lowest BCUT2D eigenvalue weighted by Crippen LogP contribution is -2.05. The van der Waals surface area contributed by atoms with E-state index in [1.807, 2.05) is 13.1 Å². The lowest BCUT2D eigenvalue weighted by molar-refractivity contribution is 0.691. The van der Waals surface area contributed by atoms with E-state index in [0.717, 1.165) is 21.0 Å². The zero-order valence-electron chi connectivity index (χ0n) is 10.8. The molecule has 5 heteroatoms. The van der Waals surface area contributed by atoms with Crippen LogP contribution in [-0.2, 0) is 0 Å². The third-order valence-corrected chi connectivity index (χ3v) is 5.24. The van der Waals surface area contributed by atoms with Gasteiger partial charge >= 0.3 is 0 Å². The van der Waals surface area contributed by atoms with Gasteiger partial charge in [0.15, 0.2) is 5.82 Å². The van der Waals surface area contributed by atoms with Gasteiger partial charge in [0.05, 0.1) is 15.0 Å². The highest BCUT2D eigenvalue weighted by Crippen LogP contribution is 2.39. The molecule has 0 bridgehead atoms. The Morgan fingerprint density at radius 2 is 2.11 bits per heavy atom. The first-order valence-corrected chi connectivity index (χ1v) is 8.26. The summed E-state index contributed by atoms with van der Waals surface area (Å²) in [6.45, 7) is 0. The van der Waals surface area contributed by atoms with Gasteiger partial charge in [-0.15, -0.1) is 11.3 Å². The second kappa shape index (κ2) is 5.59. The quantitative estimate of drug-likeness (QED) is 0.884. The topological polar surface area (TPSA) is 37.8 Å². The molecule has 0 radical (unpaired) electrons. The highest BCUT2D eigenvalue weighted by atomic mass is 79.9. The van der Waals surface area contributed by atoms with Crippen molar-refractivity contribution in [1.29, 1.82) is 0 Å². The highest BCUT2D eigenvalue weighted by Gasteiger charge is 2.24. The number of rotatable bonds is 3. The average molecular weight is 338 g/mol. The summed E-state index contributed by atoms with van der Waals surface area (Å²) in [5.41, 5.74) is 1.17. The van der Waals surface area contributed by atoms with E-state index < -0.39 is 0 Å². The maximum atomic E-state index is 4.82. The predicted molar refractivity (Wildman–Crippen MR) is 83.8 cm³/mol. The predicted octanol–water partition coefficient (Wildman–Crippen LogP) is 4.67. The summed E-state index contributed by atoms with van der Waals surface area (Å²) in [6.07, 6.45) is 5.10. The molecule has 2 aromatic rings. The summed E-state index contributed by atoms with van der Waals surface area (Å²) >= 11 is 5.35. The summed E-state index contributed by atoms with van der Waals surface area (Å²) in [4.78, 5) is 10.6. The lowest BCUT2D eigenvalue weighted by atomic mass is 10.0. The van der Waals surface area contributed by atoms with Gasteiger partial charge in [-0.05, 0) is 40.2 Å². The van der Waals surface area contributed by atoms with Crippen LogP contribution in [0.15, 0.2) is 22.0 Å². The summed E-state index contributed by atoms with van der Waals surface area (Å²) in [7, 11) is 1.91. The van der Waals surface area contributed by atoms with Gasteiger partial charge in [-0.25, -0.2) is 9.97 Å². The number of halogens is 1. The SMILES string of the molecule is CNc1nc(-c2cccs2)nc(C2CCCC2)c1Br. The van der Waals surface area contributed by atoms with Crippen LogP contribution in [-0.4, -0.2) is 17.0 Å². The normalized spacial score (nSPS) is 15.9. The van der Waals surface area contributed by atoms with Gasteiger partial charge in [-0.2, -0.15) is 0 Å². The summed E-state index contributed by atoms with van der Waals surface area (Å²) in [6, 6.07) is 4.12. The van der Waals surface area contributed by atoms with Crippen molar-refractivity contribution in [1.82, 2.24) is 9.97 Å². The Morgan fingerprint density at radius 1 is 1.32 bits per heavy atom. The Hall–Kier alpha value is -0.940. The van der Waals surface area contributed by atoms with E-state index in [1.165, 1.54) is 31.4 Å². The van der Waals surface area contributed by atoms with Crippen molar-refractivity contribution < 1.29 is 0 Å². The van der Waals surface area contributed by atoms with Crippen molar-refractivity contribution >= 4 is 33.1 Å². The maximum Gasteiger partial charge on any atom is 0.171 e. The molecule has 100 valence electrons. The molecule has 0 unspecified atom stereocenters. The Balaban J connectivity index is 2.09. The van der Waals surface area contributed by atoms with Crippen molar-refractivity contribution in [3.8, 4) is 10.7 Å². The molecule has 0 spiro atoms. The molecule has 0 amide bonds. The van der Waals surface area contributed by atoms with Crippen LogP contribution in [0, 0.1) is 0 Å². The van der Waals surface area contributed by atoms with Crippen molar-refractivity contribution in [3.05, 3.63) is 27.7 Å². The highest BCUT2D eigenvalue weighted by molar-refractivity contribution is 9.10. The van der Waals surface area contributed by atoms with Gasteiger partial charge in [0.2, 0.25) is 0 Å². The van der Waals surface area contributed by atoms with Crippen LogP contribution in [0.2, 0.25) is 0 Å². The monoisotopic (exact) mass is 337 g/mol. The average Bonchev–Trinajstić information content (AvgIpc) is 3.12. The van der Waals surface area contributed by atoms with Crippen molar-refractivity contribution in [2.45, 2.75) is 31.6 Å². The molecule has 2 heterocycles. The second-order valence-corrected chi connectivity index (χ2v) is 6.54. The Bertz CT molecular complexity index is 562. The van der Waals surface area contributed by atoms with Gasteiger partial charge in [0.25, 0.3) is 0 Å². The fourth-order valence-electron chi connectivity index (χ4n) is 2.62. The van der Waals surface area contributed by atoms with E-state index in [1.54, 1.807) is 11.3 Å². The minimum Gasteiger partial charge on any atom is -0.372 e. The number of aromatic nitrogens is 2. The number of thiophene rings is 1. The van der Waals surface area contributed by atoms with Gasteiger partial charge < -0.3 is 5.32 Å². The maximum absolute atomic E-state index is 4.82. The van der Waals surface area contributed by atoms with E-state index in [2.05, 4.69) is 37.7 Å². The van der Waals surface area contributed by atoms with Crippen LogP contribution in [0.3, 0.4) is 0 Å². The molecule has 3 nitrogen and oxygen atoms in total. The van der Waals surface area contributed by atoms with E-state index in [0.29, 0.717) is 5.92 Å². The van der Waals surface area contributed by atoms with E-state index in [4.69, 9.17) is 4.98 Å². The fourth-order valence-corrected chi connectivity index (χ4v) is 3.97. The van der Waals surface area contributed by atoms with E-state index >= 15 is 0 Å². The molecule has 1 aliphatic rings. The molecule has 0 aliphatic heterocycles. The molecule has 0 aromatic carbocycles. The molecule has 3 rings (SSSR count). The molecule has 0 saturated heterocycles. The van der Waals surface area contributed by atoms with Gasteiger partial charge in [-0.3, -0.25) is 0 Å². The largest absolute Gasteiger partial charge is 0.372 e. The number of nitrogens with zero attached hydrogens (tertiary/aromatic N) is 2. The molecule has 2 aromatic heterocycles. The Labute approximate surface area is 125 Å². The zero-order chi connectivity index (χ0) is 13.2. The number of nitrogens with one attached hydrogen (secondary N) is 1. The molecule has 0 atom stereocenters. The molecule has 1 N–H and O–H groups in total. The van der Waals surface area contributed by atoms with Crippen LogP contribution in [0.25, 0.3) is 10.7 Å². The van der Waals surface area contributed by atoms with Crippen LogP contribution in [0.5, 0.6) is 0 Å². The first-order chi connectivity index (χ1) is 9.29.